The smallest absolute Gasteiger partial charge is 0.153 e. The van der Waals surface area contributed by atoms with Crippen LogP contribution in [0.15, 0.2) is 5.16 Å². The van der Waals surface area contributed by atoms with E-state index in [1.165, 1.54) is 12.8 Å². The molecule has 12 heavy (non-hydrogen) atoms. The van der Waals surface area contributed by atoms with Crippen molar-refractivity contribution >= 4 is 5.84 Å². The number of nitrogens with two attached hydrogens (primary N) is 1. The highest BCUT2D eigenvalue weighted by molar-refractivity contribution is 5.81. The molecule has 4 N–H and O–H groups in total. The van der Waals surface area contributed by atoms with E-state index in [2.05, 4.69) is 17.4 Å². The van der Waals surface area contributed by atoms with Gasteiger partial charge in [-0.25, -0.2) is 0 Å². The fourth-order valence-corrected chi connectivity index (χ4v) is 1.30. The van der Waals surface area contributed by atoms with Crippen LogP contribution in [0.2, 0.25) is 0 Å². The highest BCUT2D eigenvalue weighted by Crippen LogP contribution is 2.35. The minimum atomic E-state index is 0.248. The molecule has 4 nitrogen and oxygen atoms in total. The van der Waals surface area contributed by atoms with Crippen LogP contribution < -0.4 is 11.1 Å². The predicted octanol–water partition coefficient (Wildman–Crippen LogP) is 0.368. The van der Waals surface area contributed by atoms with Gasteiger partial charge < -0.3 is 16.3 Å². The Labute approximate surface area is 72.8 Å². The van der Waals surface area contributed by atoms with Crippen molar-refractivity contribution < 1.29 is 5.21 Å². The van der Waals surface area contributed by atoms with Gasteiger partial charge in [-0.2, -0.15) is 0 Å². The first-order valence-electron chi connectivity index (χ1n) is 4.41. The van der Waals surface area contributed by atoms with Crippen LogP contribution in [-0.4, -0.2) is 24.1 Å². The fraction of sp³-hybridized carbons (Fsp3) is 0.875. The summed E-state index contributed by atoms with van der Waals surface area (Å²) < 4.78 is 0. The Balaban J connectivity index is 2.01. The van der Waals surface area contributed by atoms with Gasteiger partial charge in [0.25, 0.3) is 0 Å². The number of nitrogens with zero attached hydrogens (tertiary/aromatic N) is 1. The fourth-order valence-electron chi connectivity index (χ4n) is 1.30. The Hall–Kier alpha value is -0.770. The maximum absolute atomic E-state index is 8.24. The van der Waals surface area contributed by atoms with Crippen molar-refractivity contribution in [1.82, 2.24) is 5.32 Å². The van der Waals surface area contributed by atoms with E-state index in [0.717, 1.165) is 18.4 Å². The minimum Gasteiger partial charge on any atom is -0.409 e. The monoisotopic (exact) mass is 171 g/mol. The van der Waals surface area contributed by atoms with Crippen LogP contribution in [0.25, 0.3) is 0 Å². The number of amidine groups is 1. The minimum absolute atomic E-state index is 0.248. The topological polar surface area (TPSA) is 70.6 Å². The second-order valence-corrected chi connectivity index (χ2v) is 3.54. The van der Waals surface area contributed by atoms with Gasteiger partial charge in [-0.05, 0) is 31.2 Å². The molecular weight excluding hydrogens is 154 g/mol. The lowest BCUT2D eigenvalue weighted by Gasteiger charge is -2.10. The summed E-state index contributed by atoms with van der Waals surface area (Å²) in [6.45, 7) is 3.67. The number of oxime groups is 1. The average molecular weight is 171 g/mol. The summed E-state index contributed by atoms with van der Waals surface area (Å²) in [7, 11) is 0. The van der Waals surface area contributed by atoms with Crippen molar-refractivity contribution in [3.05, 3.63) is 0 Å². The first-order chi connectivity index (χ1) is 5.74. The van der Waals surface area contributed by atoms with Gasteiger partial charge in [-0.15, -0.1) is 0 Å². The van der Waals surface area contributed by atoms with Crippen molar-refractivity contribution in [1.29, 1.82) is 0 Å². The lowest BCUT2D eigenvalue weighted by Crippen LogP contribution is -2.32. The molecule has 0 amide bonds. The van der Waals surface area contributed by atoms with E-state index in [1.807, 2.05) is 0 Å². The molecule has 70 valence electrons. The van der Waals surface area contributed by atoms with Crippen LogP contribution in [0.1, 0.15) is 19.8 Å². The molecule has 0 aromatic rings. The molecule has 0 aliphatic heterocycles. The third-order valence-corrected chi connectivity index (χ3v) is 2.33. The van der Waals surface area contributed by atoms with E-state index < -0.39 is 0 Å². The zero-order chi connectivity index (χ0) is 8.97. The van der Waals surface area contributed by atoms with Gasteiger partial charge in [0.2, 0.25) is 0 Å². The van der Waals surface area contributed by atoms with Gasteiger partial charge in [-0.1, -0.05) is 12.1 Å². The van der Waals surface area contributed by atoms with Crippen LogP contribution in [0.3, 0.4) is 0 Å². The van der Waals surface area contributed by atoms with Gasteiger partial charge in [0, 0.05) is 0 Å². The number of hydrogen-bond donors (Lipinski definition) is 3. The van der Waals surface area contributed by atoms with Crippen molar-refractivity contribution in [2.24, 2.45) is 22.7 Å². The summed E-state index contributed by atoms with van der Waals surface area (Å²) in [4.78, 5) is 0. The zero-order valence-corrected chi connectivity index (χ0v) is 7.45. The standard InChI is InChI=1S/C8H17N3O/c1-6(7-2-3-7)4-10-5-8(9)11-12/h6-7,10,12H,2-5H2,1H3,(H2,9,11). The van der Waals surface area contributed by atoms with E-state index in [0.29, 0.717) is 6.54 Å². The normalized spacial score (nSPS) is 20.9. The summed E-state index contributed by atoms with van der Waals surface area (Å²) in [6.07, 6.45) is 2.73. The maximum Gasteiger partial charge on any atom is 0.153 e. The summed E-state index contributed by atoms with van der Waals surface area (Å²) in [5, 5.41) is 14.3. The van der Waals surface area contributed by atoms with Crippen LogP contribution in [0.4, 0.5) is 0 Å². The summed E-state index contributed by atoms with van der Waals surface area (Å²) in [5.41, 5.74) is 5.29. The van der Waals surface area contributed by atoms with Crippen LogP contribution in [0.5, 0.6) is 0 Å². The molecule has 1 unspecified atom stereocenters. The van der Waals surface area contributed by atoms with Gasteiger partial charge in [-0.3, -0.25) is 0 Å². The molecule has 1 aliphatic carbocycles. The van der Waals surface area contributed by atoms with Gasteiger partial charge in [0.05, 0.1) is 6.54 Å². The summed E-state index contributed by atoms with van der Waals surface area (Å²) >= 11 is 0. The van der Waals surface area contributed by atoms with E-state index in [4.69, 9.17) is 10.9 Å². The Morgan fingerprint density at radius 3 is 2.92 bits per heavy atom. The lowest BCUT2D eigenvalue weighted by atomic mass is 10.1. The van der Waals surface area contributed by atoms with Gasteiger partial charge >= 0.3 is 0 Å². The highest BCUT2D eigenvalue weighted by Gasteiger charge is 2.27. The molecule has 1 aliphatic rings. The predicted molar refractivity (Wildman–Crippen MR) is 48.2 cm³/mol. The van der Waals surface area contributed by atoms with Crippen molar-refractivity contribution in [3.63, 3.8) is 0 Å². The molecule has 1 fully saturated rings. The molecular formula is C8H17N3O. The molecule has 0 aromatic carbocycles. The average Bonchev–Trinajstić information content (AvgIpc) is 2.86. The molecule has 0 saturated heterocycles. The number of nitrogens with one attached hydrogen (secondary N) is 1. The second kappa shape index (κ2) is 4.30. The molecule has 0 heterocycles. The summed E-state index contributed by atoms with van der Waals surface area (Å²) in [6, 6.07) is 0. The third-order valence-electron chi connectivity index (χ3n) is 2.33. The second-order valence-electron chi connectivity index (χ2n) is 3.54. The Bertz CT molecular complexity index is 166. The maximum atomic E-state index is 8.24. The van der Waals surface area contributed by atoms with Crippen molar-refractivity contribution in [3.8, 4) is 0 Å². The SMILES string of the molecule is CC(CNCC(N)=NO)C1CC1. The number of rotatable bonds is 5. The zero-order valence-electron chi connectivity index (χ0n) is 7.45. The third kappa shape index (κ3) is 3.09. The number of hydrogen-bond acceptors (Lipinski definition) is 3. The Morgan fingerprint density at radius 1 is 1.75 bits per heavy atom. The van der Waals surface area contributed by atoms with Gasteiger partial charge in [0.1, 0.15) is 0 Å². The largest absolute Gasteiger partial charge is 0.409 e. The first-order valence-corrected chi connectivity index (χ1v) is 4.41. The summed E-state index contributed by atoms with van der Waals surface area (Å²) in [5.74, 6) is 1.87. The molecule has 0 aromatic heterocycles. The molecule has 1 rings (SSSR count). The van der Waals surface area contributed by atoms with Crippen LogP contribution >= 0.6 is 0 Å². The van der Waals surface area contributed by atoms with Crippen molar-refractivity contribution in [2.45, 2.75) is 19.8 Å². The van der Waals surface area contributed by atoms with E-state index in [9.17, 15) is 0 Å². The van der Waals surface area contributed by atoms with E-state index in [1.54, 1.807) is 0 Å². The van der Waals surface area contributed by atoms with E-state index >= 15 is 0 Å². The Kier molecular flexibility index (Phi) is 3.34. The molecule has 1 atom stereocenters. The van der Waals surface area contributed by atoms with Crippen LogP contribution in [0, 0.1) is 11.8 Å². The molecule has 4 heteroatoms. The quantitative estimate of drug-likeness (QED) is 0.242. The first kappa shape index (κ1) is 9.32. The Morgan fingerprint density at radius 2 is 2.42 bits per heavy atom. The highest BCUT2D eigenvalue weighted by atomic mass is 16.4. The van der Waals surface area contributed by atoms with Crippen molar-refractivity contribution in [2.75, 3.05) is 13.1 Å². The molecule has 0 radical (unpaired) electrons. The lowest BCUT2D eigenvalue weighted by molar-refractivity contribution is 0.316. The van der Waals surface area contributed by atoms with E-state index in [-0.39, 0.29) is 5.84 Å². The molecule has 0 spiro atoms. The van der Waals surface area contributed by atoms with Crippen LogP contribution in [-0.2, 0) is 0 Å². The molecule has 0 bridgehead atoms. The van der Waals surface area contributed by atoms with Gasteiger partial charge in [0.15, 0.2) is 5.84 Å². The molecule has 1 saturated carbocycles.